The summed E-state index contributed by atoms with van der Waals surface area (Å²) >= 11 is 1.72. The number of thiazole rings is 1. The fraction of sp³-hybridized carbons (Fsp3) is 0.750. The van der Waals surface area contributed by atoms with E-state index in [0.717, 1.165) is 18.2 Å². The van der Waals surface area contributed by atoms with Crippen molar-refractivity contribution in [3.63, 3.8) is 0 Å². The van der Waals surface area contributed by atoms with E-state index in [1.54, 1.807) is 11.3 Å². The minimum absolute atomic E-state index is 0.680. The van der Waals surface area contributed by atoms with Crippen LogP contribution in [0.3, 0.4) is 0 Å². The summed E-state index contributed by atoms with van der Waals surface area (Å²) in [6, 6.07) is 0. The molecule has 1 aromatic rings. The maximum atomic E-state index is 5.76. The van der Waals surface area contributed by atoms with Crippen LogP contribution in [0.5, 0.6) is 0 Å². The molecule has 90 valence electrons. The molecule has 0 amide bonds. The Hall–Kier alpha value is -0.450. The number of aryl methyl sites for hydroxylation is 1. The van der Waals surface area contributed by atoms with Gasteiger partial charge in [0.1, 0.15) is 0 Å². The van der Waals surface area contributed by atoms with E-state index in [1.165, 1.54) is 24.1 Å². The van der Waals surface area contributed by atoms with Crippen LogP contribution in [0.15, 0.2) is 6.20 Å². The Morgan fingerprint density at radius 2 is 2.31 bits per heavy atom. The van der Waals surface area contributed by atoms with Gasteiger partial charge in [-0.05, 0) is 38.1 Å². The SMILES string of the molecule is Cc1ncc(COCC2CCCC2CN)s1. The first kappa shape index (κ1) is 12.0. The van der Waals surface area contributed by atoms with Crippen LogP contribution in [0.25, 0.3) is 0 Å². The molecule has 16 heavy (non-hydrogen) atoms. The van der Waals surface area contributed by atoms with Crippen LogP contribution in [-0.2, 0) is 11.3 Å². The van der Waals surface area contributed by atoms with E-state index in [9.17, 15) is 0 Å². The number of ether oxygens (including phenoxy) is 1. The van der Waals surface area contributed by atoms with Gasteiger partial charge in [0.25, 0.3) is 0 Å². The minimum atomic E-state index is 0.680. The fourth-order valence-corrected chi connectivity index (χ4v) is 3.16. The molecule has 2 atom stereocenters. The summed E-state index contributed by atoms with van der Waals surface area (Å²) in [5.41, 5.74) is 5.75. The molecule has 2 unspecified atom stereocenters. The van der Waals surface area contributed by atoms with Crippen molar-refractivity contribution >= 4 is 11.3 Å². The first-order chi connectivity index (χ1) is 7.79. The third kappa shape index (κ3) is 3.03. The highest BCUT2D eigenvalue weighted by molar-refractivity contribution is 7.11. The lowest BCUT2D eigenvalue weighted by molar-refractivity contribution is 0.0768. The Morgan fingerprint density at radius 3 is 3.00 bits per heavy atom. The zero-order chi connectivity index (χ0) is 11.4. The van der Waals surface area contributed by atoms with E-state index < -0.39 is 0 Å². The molecular formula is C12H20N2OS. The van der Waals surface area contributed by atoms with Gasteiger partial charge in [-0.3, -0.25) is 0 Å². The standard InChI is InChI=1S/C12H20N2OS/c1-9-14-6-12(16-9)8-15-7-11-4-2-3-10(11)5-13/h6,10-11H,2-5,7-8,13H2,1H3. The largest absolute Gasteiger partial charge is 0.376 e. The molecule has 4 heteroatoms. The van der Waals surface area contributed by atoms with E-state index in [2.05, 4.69) is 4.98 Å². The van der Waals surface area contributed by atoms with Crippen molar-refractivity contribution in [2.24, 2.45) is 17.6 Å². The second-order valence-corrected chi connectivity index (χ2v) is 5.87. The molecule has 0 saturated heterocycles. The van der Waals surface area contributed by atoms with Crippen LogP contribution in [-0.4, -0.2) is 18.1 Å². The number of nitrogens with two attached hydrogens (primary N) is 1. The highest BCUT2D eigenvalue weighted by atomic mass is 32.1. The Morgan fingerprint density at radius 1 is 1.50 bits per heavy atom. The number of nitrogens with zero attached hydrogens (tertiary/aromatic N) is 1. The fourth-order valence-electron chi connectivity index (χ4n) is 2.43. The van der Waals surface area contributed by atoms with Crippen molar-refractivity contribution in [3.8, 4) is 0 Å². The van der Waals surface area contributed by atoms with Gasteiger partial charge in [-0.25, -0.2) is 4.98 Å². The summed E-state index contributed by atoms with van der Waals surface area (Å²) in [6.45, 7) is 4.40. The molecule has 1 heterocycles. The predicted molar refractivity (Wildman–Crippen MR) is 66.4 cm³/mol. The van der Waals surface area contributed by atoms with Crippen molar-refractivity contribution in [1.82, 2.24) is 4.98 Å². The molecule has 0 bridgehead atoms. The van der Waals surface area contributed by atoms with E-state index in [1.807, 2.05) is 13.1 Å². The molecule has 1 saturated carbocycles. The van der Waals surface area contributed by atoms with Crippen molar-refractivity contribution in [3.05, 3.63) is 16.1 Å². The monoisotopic (exact) mass is 240 g/mol. The smallest absolute Gasteiger partial charge is 0.0897 e. The van der Waals surface area contributed by atoms with Gasteiger partial charge >= 0.3 is 0 Å². The van der Waals surface area contributed by atoms with Crippen LogP contribution in [0.4, 0.5) is 0 Å². The second-order valence-electron chi connectivity index (χ2n) is 4.55. The summed E-state index contributed by atoms with van der Waals surface area (Å²) in [4.78, 5) is 5.44. The molecule has 0 spiro atoms. The second kappa shape index (κ2) is 5.75. The van der Waals surface area contributed by atoms with Gasteiger partial charge in [0, 0.05) is 6.20 Å². The summed E-state index contributed by atoms with van der Waals surface area (Å²) in [5.74, 6) is 1.36. The van der Waals surface area contributed by atoms with Crippen molar-refractivity contribution in [1.29, 1.82) is 0 Å². The van der Waals surface area contributed by atoms with Gasteiger partial charge in [0.2, 0.25) is 0 Å². The number of rotatable bonds is 5. The van der Waals surface area contributed by atoms with Gasteiger partial charge in [0.15, 0.2) is 0 Å². The summed E-state index contributed by atoms with van der Waals surface area (Å²) in [6.07, 6.45) is 5.79. The van der Waals surface area contributed by atoms with Gasteiger partial charge in [-0.15, -0.1) is 11.3 Å². The van der Waals surface area contributed by atoms with Crippen LogP contribution in [0.1, 0.15) is 29.1 Å². The Bertz CT molecular complexity index is 327. The maximum Gasteiger partial charge on any atom is 0.0897 e. The third-order valence-electron chi connectivity index (χ3n) is 3.36. The highest BCUT2D eigenvalue weighted by Gasteiger charge is 2.25. The predicted octanol–water partition coefficient (Wildman–Crippen LogP) is 2.34. The topological polar surface area (TPSA) is 48.1 Å². The number of aromatic nitrogens is 1. The maximum absolute atomic E-state index is 5.76. The van der Waals surface area contributed by atoms with Gasteiger partial charge in [-0.2, -0.15) is 0 Å². The highest BCUT2D eigenvalue weighted by Crippen LogP contribution is 2.31. The minimum Gasteiger partial charge on any atom is -0.376 e. The molecule has 1 aromatic heterocycles. The van der Waals surface area contributed by atoms with Gasteiger partial charge in [-0.1, -0.05) is 6.42 Å². The molecule has 3 nitrogen and oxygen atoms in total. The lowest BCUT2D eigenvalue weighted by Crippen LogP contribution is -2.22. The van der Waals surface area contributed by atoms with E-state index in [0.29, 0.717) is 18.4 Å². The number of hydrogen-bond acceptors (Lipinski definition) is 4. The van der Waals surface area contributed by atoms with E-state index in [-0.39, 0.29) is 0 Å². The Balaban J connectivity index is 1.71. The first-order valence-electron chi connectivity index (χ1n) is 5.98. The van der Waals surface area contributed by atoms with Crippen molar-refractivity contribution in [2.75, 3.05) is 13.2 Å². The molecular weight excluding hydrogens is 220 g/mol. The van der Waals surface area contributed by atoms with Crippen molar-refractivity contribution in [2.45, 2.75) is 32.8 Å². The molecule has 0 aromatic carbocycles. The van der Waals surface area contributed by atoms with Crippen molar-refractivity contribution < 1.29 is 4.74 Å². The van der Waals surface area contributed by atoms with Gasteiger partial charge < -0.3 is 10.5 Å². The molecule has 1 fully saturated rings. The lowest BCUT2D eigenvalue weighted by Gasteiger charge is -2.17. The van der Waals surface area contributed by atoms with E-state index >= 15 is 0 Å². The summed E-state index contributed by atoms with van der Waals surface area (Å²) in [7, 11) is 0. The third-order valence-corrected chi connectivity index (χ3v) is 4.25. The molecule has 0 radical (unpaired) electrons. The molecule has 1 aliphatic carbocycles. The summed E-state index contributed by atoms with van der Waals surface area (Å²) < 4.78 is 5.76. The zero-order valence-corrected chi connectivity index (χ0v) is 10.6. The molecule has 2 rings (SSSR count). The quantitative estimate of drug-likeness (QED) is 0.859. The average Bonchev–Trinajstić information content (AvgIpc) is 2.87. The molecule has 2 N–H and O–H groups in total. The van der Waals surface area contributed by atoms with Crippen LogP contribution in [0, 0.1) is 18.8 Å². The van der Waals surface area contributed by atoms with E-state index in [4.69, 9.17) is 10.5 Å². The average molecular weight is 240 g/mol. The number of hydrogen-bond donors (Lipinski definition) is 1. The van der Waals surface area contributed by atoms with Crippen LogP contribution >= 0.6 is 11.3 Å². The molecule has 0 aliphatic heterocycles. The zero-order valence-electron chi connectivity index (χ0n) is 9.82. The van der Waals surface area contributed by atoms with Crippen LogP contribution in [0.2, 0.25) is 0 Å². The normalized spacial score (nSPS) is 25.1. The Labute approximate surface area is 101 Å². The Kier molecular flexibility index (Phi) is 4.32. The lowest BCUT2D eigenvalue weighted by atomic mass is 9.97. The first-order valence-corrected chi connectivity index (χ1v) is 6.80. The van der Waals surface area contributed by atoms with Gasteiger partial charge in [0.05, 0.1) is 23.1 Å². The van der Waals surface area contributed by atoms with Crippen LogP contribution < -0.4 is 5.73 Å². The summed E-state index contributed by atoms with van der Waals surface area (Å²) in [5, 5.41) is 1.11. The molecule has 1 aliphatic rings.